The van der Waals surface area contributed by atoms with E-state index in [9.17, 15) is 5.11 Å². The Morgan fingerprint density at radius 2 is 1.92 bits per heavy atom. The number of hydrogen-bond donors (Lipinski definition) is 1. The minimum absolute atomic E-state index is 0.303. The summed E-state index contributed by atoms with van der Waals surface area (Å²) in [6.45, 7) is 6.45. The van der Waals surface area contributed by atoms with Gasteiger partial charge in [0.2, 0.25) is 0 Å². The molecule has 0 radical (unpaired) electrons. The molecule has 0 spiro atoms. The summed E-state index contributed by atoms with van der Waals surface area (Å²) >= 11 is 0. The quantitative estimate of drug-likeness (QED) is 0.762. The first-order valence-electron chi connectivity index (χ1n) is 4.51. The van der Waals surface area contributed by atoms with Gasteiger partial charge >= 0.3 is 0 Å². The number of rotatable bonds is 2. The lowest BCUT2D eigenvalue weighted by atomic mass is 10.1. The predicted molar refractivity (Wildman–Crippen MR) is 54.9 cm³/mol. The molecule has 13 heavy (non-hydrogen) atoms. The van der Waals surface area contributed by atoms with Crippen molar-refractivity contribution in [2.24, 2.45) is 0 Å². The van der Waals surface area contributed by atoms with Gasteiger partial charge in [-0.1, -0.05) is 31.5 Å². The van der Waals surface area contributed by atoms with Crippen LogP contribution in [0.5, 0.6) is 5.75 Å². The highest BCUT2D eigenvalue weighted by atomic mass is 16.5. The zero-order valence-electron chi connectivity index (χ0n) is 8.79. The predicted octanol–water partition coefficient (Wildman–Crippen LogP) is 2.87. The molecule has 0 aliphatic rings. The average molecular weight is 182 g/mol. The van der Waals surface area contributed by atoms with E-state index >= 15 is 0 Å². The zero-order valence-corrected chi connectivity index (χ0v) is 8.79. The number of hydrogen-bond acceptors (Lipinski definition) is 2. The standard InChI is InChI=1S/C9H12O2.C2H6/c1-7-3-4-9(10)8(5-7)6-11-2;1-2/h3-5,10H,6H2,1-2H3;1-2H3. The molecule has 74 valence electrons. The lowest BCUT2D eigenvalue weighted by molar-refractivity contribution is 0.182. The Labute approximate surface area is 80.2 Å². The molecular formula is C11H18O2. The van der Waals surface area contributed by atoms with Crippen LogP contribution >= 0.6 is 0 Å². The highest BCUT2D eigenvalue weighted by molar-refractivity contribution is 5.34. The maximum Gasteiger partial charge on any atom is 0.121 e. The molecule has 0 aliphatic carbocycles. The summed E-state index contributed by atoms with van der Waals surface area (Å²) in [5.41, 5.74) is 1.97. The van der Waals surface area contributed by atoms with Crippen molar-refractivity contribution in [3.63, 3.8) is 0 Å². The Kier molecular flexibility index (Phi) is 5.98. The van der Waals surface area contributed by atoms with Gasteiger partial charge in [-0.05, 0) is 13.0 Å². The lowest BCUT2D eigenvalue weighted by Gasteiger charge is -2.03. The smallest absolute Gasteiger partial charge is 0.121 e. The second-order valence-corrected chi connectivity index (χ2v) is 2.57. The van der Waals surface area contributed by atoms with E-state index in [0.29, 0.717) is 12.4 Å². The molecule has 0 fully saturated rings. The molecule has 1 aromatic carbocycles. The number of methoxy groups -OCH3 is 1. The van der Waals surface area contributed by atoms with Crippen molar-refractivity contribution in [1.82, 2.24) is 0 Å². The van der Waals surface area contributed by atoms with Gasteiger partial charge < -0.3 is 9.84 Å². The van der Waals surface area contributed by atoms with Crippen LogP contribution in [0.2, 0.25) is 0 Å². The first-order valence-corrected chi connectivity index (χ1v) is 4.51. The van der Waals surface area contributed by atoms with Crippen molar-refractivity contribution in [2.75, 3.05) is 7.11 Å². The van der Waals surface area contributed by atoms with Crippen molar-refractivity contribution in [2.45, 2.75) is 27.4 Å². The minimum Gasteiger partial charge on any atom is -0.508 e. The summed E-state index contributed by atoms with van der Waals surface area (Å²) in [5, 5.41) is 9.29. The zero-order chi connectivity index (χ0) is 10.3. The molecule has 0 heterocycles. The fourth-order valence-electron chi connectivity index (χ4n) is 0.985. The molecule has 1 rings (SSSR count). The van der Waals surface area contributed by atoms with Gasteiger partial charge in [-0.3, -0.25) is 0 Å². The Morgan fingerprint density at radius 1 is 1.31 bits per heavy atom. The minimum atomic E-state index is 0.303. The molecule has 0 aliphatic heterocycles. The molecule has 0 amide bonds. The number of benzene rings is 1. The molecule has 2 heteroatoms. The van der Waals surface area contributed by atoms with Crippen LogP contribution in [0, 0.1) is 6.92 Å². The summed E-state index contributed by atoms with van der Waals surface area (Å²) in [7, 11) is 1.61. The Morgan fingerprint density at radius 3 is 2.46 bits per heavy atom. The van der Waals surface area contributed by atoms with E-state index < -0.39 is 0 Å². The highest BCUT2D eigenvalue weighted by Crippen LogP contribution is 2.18. The normalized spacial score (nSPS) is 8.92. The molecule has 0 unspecified atom stereocenters. The third kappa shape index (κ3) is 3.95. The molecule has 0 saturated carbocycles. The van der Waals surface area contributed by atoms with Gasteiger partial charge in [0, 0.05) is 12.7 Å². The van der Waals surface area contributed by atoms with Crippen LogP contribution in [-0.2, 0) is 11.3 Å². The van der Waals surface area contributed by atoms with E-state index in [1.54, 1.807) is 13.2 Å². The van der Waals surface area contributed by atoms with E-state index in [4.69, 9.17) is 4.74 Å². The van der Waals surface area contributed by atoms with E-state index in [-0.39, 0.29) is 0 Å². The first-order chi connectivity index (χ1) is 6.24. The largest absolute Gasteiger partial charge is 0.508 e. The van der Waals surface area contributed by atoms with Crippen LogP contribution in [0.1, 0.15) is 25.0 Å². The number of aromatic hydroxyl groups is 1. The monoisotopic (exact) mass is 182 g/mol. The number of phenols is 1. The summed E-state index contributed by atoms with van der Waals surface area (Å²) in [5.74, 6) is 0.303. The van der Waals surface area contributed by atoms with Crippen LogP contribution in [-0.4, -0.2) is 12.2 Å². The number of aryl methyl sites for hydroxylation is 1. The number of ether oxygens (including phenoxy) is 1. The van der Waals surface area contributed by atoms with Crippen molar-refractivity contribution in [3.8, 4) is 5.75 Å². The van der Waals surface area contributed by atoms with E-state index in [1.807, 2.05) is 32.9 Å². The fraction of sp³-hybridized carbons (Fsp3) is 0.455. The van der Waals surface area contributed by atoms with E-state index in [2.05, 4.69) is 0 Å². The highest BCUT2D eigenvalue weighted by Gasteiger charge is 1.98. The Hall–Kier alpha value is -1.02. The van der Waals surface area contributed by atoms with Crippen molar-refractivity contribution < 1.29 is 9.84 Å². The lowest BCUT2D eigenvalue weighted by Crippen LogP contribution is -1.88. The molecular weight excluding hydrogens is 164 g/mol. The Balaban J connectivity index is 0.000000671. The summed E-state index contributed by atoms with van der Waals surface area (Å²) < 4.78 is 4.90. The second kappa shape index (κ2) is 6.49. The average Bonchev–Trinajstić information content (AvgIpc) is 2.15. The fourth-order valence-corrected chi connectivity index (χ4v) is 0.985. The molecule has 0 bridgehead atoms. The second-order valence-electron chi connectivity index (χ2n) is 2.57. The SMILES string of the molecule is CC.COCc1cc(C)ccc1O. The third-order valence-electron chi connectivity index (χ3n) is 1.53. The number of phenolic OH excluding ortho intramolecular Hbond substituents is 1. The van der Waals surface area contributed by atoms with Gasteiger partial charge in [0.25, 0.3) is 0 Å². The first kappa shape index (κ1) is 12.0. The van der Waals surface area contributed by atoms with E-state index in [1.165, 1.54) is 0 Å². The Bertz CT molecular complexity index is 244. The van der Waals surface area contributed by atoms with Crippen molar-refractivity contribution in [1.29, 1.82) is 0 Å². The molecule has 2 nitrogen and oxygen atoms in total. The van der Waals surface area contributed by atoms with Gasteiger partial charge in [0.05, 0.1) is 6.61 Å². The molecule has 0 aromatic heterocycles. The van der Waals surface area contributed by atoms with Gasteiger partial charge in [0.1, 0.15) is 5.75 Å². The third-order valence-corrected chi connectivity index (χ3v) is 1.53. The van der Waals surface area contributed by atoms with Crippen LogP contribution in [0.15, 0.2) is 18.2 Å². The van der Waals surface area contributed by atoms with Crippen LogP contribution in [0.4, 0.5) is 0 Å². The summed E-state index contributed by atoms with van der Waals surface area (Å²) in [6, 6.07) is 5.47. The van der Waals surface area contributed by atoms with Crippen molar-refractivity contribution >= 4 is 0 Å². The van der Waals surface area contributed by atoms with Gasteiger partial charge in [-0.25, -0.2) is 0 Å². The molecule has 0 saturated heterocycles. The van der Waals surface area contributed by atoms with E-state index in [0.717, 1.165) is 11.1 Å². The maximum absolute atomic E-state index is 9.29. The maximum atomic E-state index is 9.29. The van der Waals surface area contributed by atoms with Crippen LogP contribution < -0.4 is 0 Å². The van der Waals surface area contributed by atoms with Crippen LogP contribution in [0.25, 0.3) is 0 Å². The van der Waals surface area contributed by atoms with Gasteiger partial charge in [0.15, 0.2) is 0 Å². The van der Waals surface area contributed by atoms with Gasteiger partial charge in [-0.2, -0.15) is 0 Å². The topological polar surface area (TPSA) is 29.5 Å². The summed E-state index contributed by atoms with van der Waals surface area (Å²) in [4.78, 5) is 0. The summed E-state index contributed by atoms with van der Waals surface area (Å²) in [6.07, 6.45) is 0. The van der Waals surface area contributed by atoms with Gasteiger partial charge in [-0.15, -0.1) is 0 Å². The van der Waals surface area contributed by atoms with Crippen LogP contribution in [0.3, 0.4) is 0 Å². The van der Waals surface area contributed by atoms with Crippen molar-refractivity contribution in [3.05, 3.63) is 29.3 Å². The molecule has 1 N–H and O–H groups in total. The molecule has 0 atom stereocenters. The molecule has 1 aromatic rings.